The van der Waals surface area contributed by atoms with Gasteiger partial charge in [0.15, 0.2) is 0 Å². The molecule has 1 aliphatic rings. The minimum Gasteiger partial charge on any atom is -0.355 e. The molecule has 0 aliphatic carbocycles. The average Bonchev–Trinajstić information content (AvgIpc) is 2.55. The second-order valence-electron chi connectivity index (χ2n) is 2.46. The Kier molecular flexibility index (Phi) is 1.34. The van der Waals surface area contributed by atoms with Gasteiger partial charge in [-0.2, -0.15) is 0 Å². The van der Waals surface area contributed by atoms with Gasteiger partial charge in [-0.25, -0.2) is 0 Å². The molecule has 5 heteroatoms. The molecule has 0 saturated carbocycles. The van der Waals surface area contributed by atoms with Gasteiger partial charge in [-0.05, 0) is 6.42 Å². The second-order valence-corrected chi connectivity index (χ2v) is 2.46. The van der Waals surface area contributed by atoms with Crippen molar-refractivity contribution in [1.29, 1.82) is 0 Å². The molecular weight excluding hydrogens is 146 g/mol. The lowest BCUT2D eigenvalue weighted by atomic mass is 10.1. The van der Waals surface area contributed by atoms with Crippen molar-refractivity contribution < 1.29 is 9.32 Å². The van der Waals surface area contributed by atoms with Gasteiger partial charge in [-0.15, -0.1) is 5.10 Å². The van der Waals surface area contributed by atoms with E-state index in [0.29, 0.717) is 5.69 Å². The third-order valence-electron chi connectivity index (χ3n) is 1.78. The molecule has 1 aromatic rings. The van der Waals surface area contributed by atoms with Crippen LogP contribution in [0.15, 0.2) is 10.8 Å². The van der Waals surface area contributed by atoms with Gasteiger partial charge in [0, 0.05) is 11.8 Å². The Hall–Kier alpha value is -1.39. The van der Waals surface area contributed by atoms with Crippen molar-refractivity contribution >= 4 is 5.91 Å². The monoisotopic (exact) mass is 153 g/mol. The number of aromatic nitrogens is 2. The lowest BCUT2D eigenvalue weighted by molar-refractivity contribution is -0.120. The molecule has 0 bridgehead atoms. The molecule has 58 valence electrons. The first kappa shape index (κ1) is 6.33. The van der Waals surface area contributed by atoms with Gasteiger partial charge >= 0.3 is 0 Å². The molecular formula is C6H7N3O2. The molecule has 1 aromatic heterocycles. The van der Waals surface area contributed by atoms with Crippen molar-refractivity contribution in [3.8, 4) is 0 Å². The smallest absolute Gasteiger partial charge is 0.229 e. The quantitative estimate of drug-likeness (QED) is 0.600. The van der Waals surface area contributed by atoms with Crippen LogP contribution in [0.5, 0.6) is 0 Å². The lowest BCUT2D eigenvalue weighted by Crippen LogP contribution is -2.17. The zero-order chi connectivity index (χ0) is 7.68. The third-order valence-corrected chi connectivity index (χ3v) is 1.78. The van der Waals surface area contributed by atoms with E-state index in [1.807, 2.05) is 0 Å². The SMILES string of the molecule is O=C1NCCC1c1conn1. The molecule has 0 radical (unpaired) electrons. The van der Waals surface area contributed by atoms with Gasteiger partial charge in [0.2, 0.25) is 5.91 Å². The summed E-state index contributed by atoms with van der Waals surface area (Å²) >= 11 is 0. The van der Waals surface area contributed by atoms with E-state index in [1.165, 1.54) is 6.26 Å². The predicted molar refractivity (Wildman–Crippen MR) is 34.7 cm³/mol. The summed E-state index contributed by atoms with van der Waals surface area (Å²) in [7, 11) is 0. The van der Waals surface area contributed by atoms with Crippen molar-refractivity contribution in [2.45, 2.75) is 12.3 Å². The van der Waals surface area contributed by atoms with Crippen molar-refractivity contribution in [2.24, 2.45) is 0 Å². The van der Waals surface area contributed by atoms with E-state index in [4.69, 9.17) is 0 Å². The normalized spacial score (nSPS) is 23.6. The first-order chi connectivity index (χ1) is 5.38. The summed E-state index contributed by atoms with van der Waals surface area (Å²) in [6.07, 6.45) is 2.20. The van der Waals surface area contributed by atoms with Crippen LogP contribution < -0.4 is 5.32 Å². The number of rotatable bonds is 1. The van der Waals surface area contributed by atoms with E-state index in [2.05, 4.69) is 20.2 Å². The molecule has 1 saturated heterocycles. The van der Waals surface area contributed by atoms with Gasteiger partial charge in [-0.3, -0.25) is 4.79 Å². The molecule has 5 nitrogen and oxygen atoms in total. The van der Waals surface area contributed by atoms with E-state index in [1.54, 1.807) is 0 Å². The maximum absolute atomic E-state index is 11.1. The summed E-state index contributed by atoms with van der Waals surface area (Å²) in [5.41, 5.74) is 0.625. The summed E-state index contributed by atoms with van der Waals surface area (Å²) in [6.45, 7) is 0.719. The van der Waals surface area contributed by atoms with E-state index in [-0.39, 0.29) is 11.8 Å². The zero-order valence-corrected chi connectivity index (χ0v) is 5.78. The molecule has 2 heterocycles. The van der Waals surface area contributed by atoms with Crippen LogP contribution >= 0.6 is 0 Å². The molecule has 0 spiro atoms. The van der Waals surface area contributed by atoms with Gasteiger partial charge in [0.25, 0.3) is 0 Å². The Morgan fingerprint density at radius 1 is 1.73 bits per heavy atom. The van der Waals surface area contributed by atoms with Crippen molar-refractivity contribution in [3.63, 3.8) is 0 Å². The Labute approximate surface area is 62.8 Å². The summed E-state index contributed by atoms with van der Waals surface area (Å²) in [6, 6.07) is 0. The van der Waals surface area contributed by atoms with Crippen LogP contribution in [0.4, 0.5) is 0 Å². The summed E-state index contributed by atoms with van der Waals surface area (Å²) < 4.78 is 4.53. The van der Waals surface area contributed by atoms with Crippen LogP contribution in [0.1, 0.15) is 18.0 Å². The van der Waals surface area contributed by atoms with Crippen LogP contribution in [-0.2, 0) is 4.79 Å². The average molecular weight is 153 g/mol. The number of amides is 1. The topological polar surface area (TPSA) is 68.0 Å². The standard InChI is InChI=1S/C6H7N3O2/c10-6-4(1-2-7-6)5-3-11-9-8-5/h3-4H,1-2H2,(H,7,10). The Balaban J connectivity index is 2.23. The van der Waals surface area contributed by atoms with E-state index in [9.17, 15) is 4.79 Å². The van der Waals surface area contributed by atoms with Crippen LogP contribution in [0.2, 0.25) is 0 Å². The highest BCUT2D eigenvalue weighted by molar-refractivity contribution is 5.84. The zero-order valence-electron chi connectivity index (χ0n) is 5.78. The molecule has 1 unspecified atom stereocenters. The van der Waals surface area contributed by atoms with E-state index < -0.39 is 0 Å². The van der Waals surface area contributed by atoms with E-state index in [0.717, 1.165) is 13.0 Å². The summed E-state index contributed by atoms with van der Waals surface area (Å²) in [4.78, 5) is 11.1. The van der Waals surface area contributed by atoms with Crippen molar-refractivity contribution in [3.05, 3.63) is 12.0 Å². The fourth-order valence-corrected chi connectivity index (χ4v) is 1.20. The molecule has 2 rings (SSSR count). The number of nitrogens with zero attached hydrogens (tertiary/aromatic N) is 2. The number of nitrogens with one attached hydrogen (secondary N) is 1. The molecule has 11 heavy (non-hydrogen) atoms. The van der Waals surface area contributed by atoms with Crippen LogP contribution in [0, 0.1) is 0 Å². The summed E-state index contributed by atoms with van der Waals surface area (Å²) in [5, 5.41) is 9.68. The Bertz CT molecular complexity index is 257. The van der Waals surface area contributed by atoms with Gasteiger partial charge in [0.1, 0.15) is 12.0 Å². The minimum absolute atomic E-state index is 0.0145. The molecule has 1 aliphatic heterocycles. The van der Waals surface area contributed by atoms with Crippen molar-refractivity contribution in [2.75, 3.05) is 6.54 Å². The number of carbonyl (C=O) groups excluding carboxylic acids is 1. The number of hydrogen-bond acceptors (Lipinski definition) is 4. The Morgan fingerprint density at radius 3 is 3.18 bits per heavy atom. The van der Waals surface area contributed by atoms with Crippen LogP contribution in [0.3, 0.4) is 0 Å². The van der Waals surface area contributed by atoms with Gasteiger partial charge in [0.05, 0.1) is 5.92 Å². The summed E-state index contributed by atoms with van der Waals surface area (Å²) in [5.74, 6) is -0.137. The lowest BCUT2D eigenvalue weighted by Gasteiger charge is -1.97. The minimum atomic E-state index is -0.152. The molecule has 1 N–H and O–H groups in total. The fraction of sp³-hybridized carbons (Fsp3) is 0.500. The first-order valence-electron chi connectivity index (χ1n) is 3.42. The van der Waals surface area contributed by atoms with Crippen LogP contribution in [0.25, 0.3) is 0 Å². The van der Waals surface area contributed by atoms with Gasteiger partial charge < -0.3 is 9.84 Å². The largest absolute Gasteiger partial charge is 0.355 e. The fourth-order valence-electron chi connectivity index (χ4n) is 1.20. The molecule has 0 aromatic carbocycles. The third kappa shape index (κ3) is 0.978. The number of hydrogen-bond donors (Lipinski definition) is 1. The highest BCUT2D eigenvalue weighted by Crippen LogP contribution is 2.20. The van der Waals surface area contributed by atoms with Gasteiger partial charge in [-0.1, -0.05) is 0 Å². The van der Waals surface area contributed by atoms with E-state index >= 15 is 0 Å². The Morgan fingerprint density at radius 2 is 2.64 bits per heavy atom. The predicted octanol–water partition coefficient (Wildman–Crippen LogP) is -0.327. The maximum atomic E-state index is 11.1. The van der Waals surface area contributed by atoms with Crippen molar-refractivity contribution in [1.82, 2.24) is 15.7 Å². The highest BCUT2D eigenvalue weighted by atomic mass is 16.5. The first-order valence-corrected chi connectivity index (χ1v) is 3.42. The molecule has 1 amide bonds. The second kappa shape index (κ2) is 2.34. The molecule has 1 atom stereocenters. The maximum Gasteiger partial charge on any atom is 0.229 e. The van der Waals surface area contributed by atoms with Crippen LogP contribution in [-0.4, -0.2) is 22.8 Å². The number of carbonyl (C=O) groups is 1. The molecule has 1 fully saturated rings. The highest BCUT2D eigenvalue weighted by Gasteiger charge is 2.28.